The van der Waals surface area contributed by atoms with Crippen LogP contribution < -0.4 is 5.73 Å². The van der Waals surface area contributed by atoms with E-state index in [1.54, 1.807) is 0 Å². The van der Waals surface area contributed by atoms with E-state index >= 15 is 0 Å². The number of hydrogen-bond acceptors (Lipinski definition) is 2. The zero-order chi connectivity index (χ0) is 12.7. The molecule has 3 fully saturated rings. The van der Waals surface area contributed by atoms with Crippen LogP contribution >= 0.6 is 12.4 Å². The highest BCUT2D eigenvalue weighted by atomic mass is 35.5. The van der Waals surface area contributed by atoms with Gasteiger partial charge in [0.25, 0.3) is 0 Å². The van der Waals surface area contributed by atoms with E-state index in [-0.39, 0.29) is 18.3 Å². The average molecular weight is 287 g/mol. The predicted molar refractivity (Wildman–Crippen MR) is 79.2 cm³/mol. The zero-order valence-electron chi connectivity index (χ0n) is 11.9. The molecule has 2 unspecified atom stereocenters. The third kappa shape index (κ3) is 2.92. The summed E-state index contributed by atoms with van der Waals surface area (Å²) in [7, 11) is 0. The van der Waals surface area contributed by atoms with Gasteiger partial charge in [0, 0.05) is 24.5 Å². The van der Waals surface area contributed by atoms with Gasteiger partial charge in [0.1, 0.15) is 0 Å². The minimum absolute atomic E-state index is 0. The molecule has 0 spiro atoms. The third-order valence-corrected chi connectivity index (χ3v) is 5.37. The van der Waals surface area contributed by atoms with E-state index < -0.39 is 0 Å². The molecule has 0 aromatic heterocycles. The highest BCUT2D eigenvalue weighted by molar-refractivity contribution is 5.85. The molecule has 4 heteroatoms. The monoisotopic (exact) mass is 286 g/mol. The van der Waals surface area contributed by atoms with Crippen molar-refractivity contribution in [3.8, 4) is 0 Å². The fourth-order valence-electron chi connectivity index (χ4n) is 4.21. The number of hydrogen-bond donors (Lipinski definition) is 1. The van der Waals surface area contributed by atoms with Crippen LogP contribution in [-0.4, -0.2) is 29.4 Å². The smallest absolute Gasteiger partial charge is 0.225 e. The normalized spacial score (nSPS) is 37.4. The number of rotatable bonds is 3. The Morgan fingerprint density at radius 3 is 2.21 bits per heavy atom. The van der Waals surface area contributed by atoms with Crippen molar-refractivity contribution in [1.29, 1.82) is 0 Å². The number of amides is 1. The Bertz CT molecular complexity index is 318. The summed E-state index contributed by atoms with van der Waals surface area (Å²) in [6.07, 6.45) is 8.37. The summed E-state index contributed by atoms with van der Waals surface area (Å²) in [5, 5.41) is 0. The highest BCUT2D eigenvalue weighted by Crippen LogP contribution is 2.43. The van der Waals surface area contributed by atoms with Gasteiger partial charge in [0.2, 0.25) is 5.91 Å². The molecule has 0 aromatic carbocycles. The first-order valence-electron chi connectivity index (χ1n) is 7.76. The molecule has 0 heterocycles. The minimum Gasteiger partial charge on any atom is -0.340 e. The van der Waals surface area contributed by atoms with Crippen molar-refractivity contribution >= 4 is 18.3 Å². The molecule has 2 atom stereocenters. The van der Waals surface area contributed by atoms with Crippen LogP contribution in [0.2, 0.25) is 0 Å². The molecule has 19 heavy (non-hydrogen) atoms. The molecule has 0 aromatic rings. The van der Waals surface area contributed by atoms with Crippen molar-refractivity contribution in [2.45, 2.75) is 64.0 Å². The van der Waals surface area contributed by atoms with Crippen LogP contribution in [0.3, 0.4) is 0 Å². The topological polar surface area (TPSA) is 46.3 Å². The molecule has 0 radical (unpaired) electrons. The molecule has 2 N–H and O–H groups in total. The SMILES string of the molecule is CCN(C(=O)C1CC2CCCC(C1)C2N)C1CC1.Cl. The molecular weight excluding hydrogens is 260 g/mol. The second-order valence-electron chi connectivity index (χ2n) is 6.55. The van der Waals surface area contributed by atoms with Crippen LogP contribution in [0.25, 0.3) is 0 Å². The van der Waals surface area contributed by atoms with Crippen molar-refractivity contribution in [3.05, 3.63) is 0 Å². The summed E-state index contributed by atoms with van der Waals surface area (Å²) in [5.74, 6) is 1.94. The summed E-state index contributed by atoms with van der Waals surface area (Å²) < 4.78 is 0. The second kappa shape index (κ2) is 6.01. The van der Waals surface area contributed by atoms with Gasteiger partial charge in [-0.15, -0.1) is 12.4 Å². The number of carbonyl (C=O) groups excluding carboxylic acids is 1. The predicted octanol–water partition coefficient (Wildman–Crippen LogP) is 2.57. The fraction of sp³-hybridized carbons (Fsp3) is 0.933. The number of nitrogens with zero attached hydrogens (tertiary/aromatic N) is 1. The van der Waals surface area contributed by atoms with Crippen molar-refractivity contribution in [2.24, 2.45) is 23.5 Å². The summed E-state index contributed by atoms with van der Waals surface area (Å²) in [5.41, 5.74) is 6.30. The third-order valence-electron chi connectivity index (χ3n) is 5.37. The Hall–Kier alpha value is -0.280. The first-order valence-corrected chi connectivity index (χ1v) is 7.76. The van der Waals surface area contributed by atoms with Gasteiger partial charge in [-0.05, 0) is 57.3 Å². The van der Waals surface area contributed by atoms with Crippen molar-refractivity contribution in [2.75, 3.05) is 6.54 Å². The van der Waals surface area contributed by atoms with E-state index in [4.69, 9.17) is 5.73 Å². The maximum Gasteiger partial charge on any atom is 0.225 e. The molecule has 110 valence electrons. The van der Waals surface area contributed by atoms with Crippen molar-refractivity contribution in [3.63, 3.8) is 0 Å². The maximum atomic E-state index is 12.6. The number of carbonyl (C=O) groups is 1. The van der Waals surface area contributed by atoms with Crippen LogP contribution in [0.1, 0.15) is 51.9 Å². The second-order valence-corrected chi connectivity index (χ2v) is 6.55. The lowest BCUT2D eigenvalue weighted by Gasteiger charge is -2.44. The summed E-state index contributed by atoms with van der Waals surface area (Å²) in [6.45, 7) is 3.01. The number of halogens is 1. The molecule has 2 bridgehead atoms. The van der Waals surface area contributed by atoms with Gasteiger partial charge >= 0.3 is 0 Å². The molecule has 3 rings (SSSR count). The highest BCUT2D eigenvalue weighted by Gasteiger charge is 2.43. The Balaban J connectivity index is 0.00000133. The lowest BCUT2D eigenvalue weighted by Crippen LogP contribution is -2.50. The molecule has 3 aliphatic carbocycles. The van der Waals surface area contributed by atoms with Gasteiger partial charge in [0.15, 0.2) is 0 Å². The van der Waals surface area contributed by atoms with Gasteiger partial charge in [-0.2, -0.15) is 0 Å². The summed E-state index contributed by atoms with van der Waals surface area (Å²) in [4.78, 5) is 14.8. The Labute approximate surface area is 122 Å². The maximum absolute atomic E-state index is 12.6. The van der Waals surface area contributed by atoms with E-state index in [1.165, 1.54) is 32.1 Å². The number of nitrogens with two attached hydrogens (primary N) is 1. The van der Waals surface area contributed by atoms with Crippen molar-refractivity contribution in [1.82, 2.24) is 4.90 Å². The fourth-order valence-corrected chi connectivity index (χ4v) is 4.21. The molecule has 3 aliphatic rings. The minimum atomic E-state index is 0. The van der Waals surface area contributed by atoms with Crippen molar-refractivity contribution < 1.29 is 4.79 Å². The molecule has 3 nitrogen and oxygen atoms in total. The lowest BCUT2D eigenvalue weighted by atomic mass is 9.65. The summed E-state index contributed by atoms with van der Waals surface area (Å²) in [6, 6.07) is 0.941. The first-order chi connectivity index (χ1) is 8.70. The average Bonchev–Trinajstić information content (AvgIpc) is 3.14. The van der Waals surface area contributed by atoms with E-state index in [0.29, 0.717) is 29.8 Å². The van der Waals surface area contributed by atoms with Crippen LogP contribution in [0.5, 0.6) is 0 Å². The molecule has 1 amide bonds. The molecule has 0 aliphatic heterocycles. The van der Waals surface area contributed by atoms with Gasteiger partial charge in [0.05, 0.1) is 0 Å². The van der Waals surface area contributed by atoms with Gasteiger partial charge in [-0.1, -0.05) is 6.42 Å². The first kappa shape index (κ1) is 15.1. The van der Waals surface area contributed by atoms with Gasteiger partial charge in [-0.3, -0.25) is 4.79 Å². The molecule has 3 saturated carbocycles. The Kier molecular flexibility index (Phi) is 4.78. The largest absolute Gasteiger partial charge is 0.340 e. The van der Waals surface area contributed by atoms with Crippen LogP contribution in [-0.2, 0) is 4.79 Å². The van der Waals surface area contributed by atoms with E-state index in [9.17, 15) is 4.79 Å². The van der Waals surface area contributed by atoms with E-state index in [2.05, 4.69) is 11.8 Å². The van der Waals surface area contributed by atoms with Crippen LogP contribution in [0.4, 0.5) is 0 Å². The lowest BCUT2D eigenvalue weighted by molar-refractivity contribution is -0.139. The standard InChI is InChI=1S/C15H26N2O.ClH/c1-2-17(13-6-7-13)15(18)12-8-10-4-3-5-11(9-12)14(10)16;/h10-14H,2-9,16H2,1H3;1H. The van der Waals surface area contributed by atoms with Gasteiger partial charge < -0.3 is 10.6 Å². The van der Waals surface area contributed by atoms with E-state index in [1.807, 2.05) is 0 Å². The van der Waals surface area contributed by atoms with Gasteiger partial charge in [-0.25, -0.2) is 0 Å². The summed E-state index contributed by atoms with van der Waals surface area (Å²) >= 11 is 0. The van der Waals surface area contributed by atoms with Crippen LogP contribution in [0, 0.1) is 17.8 Å². The Morgan fingerprint density at radius 2 is 1.74 bits per heavy atom. The van der Waals surface area contributed by atoms with Crippen LogP contribution in [0.15, 0.2) is 0 Å². The molecular formula is C15H27ClN2O. The number of fused-ring (bicyclic) bond motifs is 2. The Morgan fingerprint density at radius 1 is 1.16 bits per heavy atom. The molecule has 0 saturated heterocycles. The van der Waals surface area contributed by atoms with E-state index in [0.717, 1.165) is 19.4 Å². The quantitative estimate of drug-likeness (QED) is 0.867. The zero-order valence-corrected chi connectivity index (χ0v) is 12.7.